The van der Waals surface area contributed by atoms with Crippen LogP contribution in [0.3, 0.4) is 0 Å². The third-order valence-electron chi connectivity index (χ3n) is 5.68. The molecule has 1 N–H and O–H groups in total. The smallest absolute Gasteiger partial charge is 0.345 e. The first-order valence-corrected chi connectivity index (χ1v) is 12.2. The van der Waals surface area contributed by atoms with E-state index in [0.717, 1.165) is 35.7 Å². The van der Waals surface area contributed by atoms with Crippen LogP contribution in [0.4, 0.5) is 5.69 Å². The number of aromatic carboxylic acids is 1. The molecule has 0 atom stereocenters. The SMILES string of the molecule is N#Cc1c(-c2ccon2)cc(-c2ccc(N3CCOCC3)cc2)nc1OCc1cc(C(=O)O)sc1Cl. The Kier molecular flexibility index (Phi) is 6.86. The number of nitrogens with zero attached hydrogens (tertiary/aromatic N) is 4. The molecule has 0 aliphatic carbocycles. The molecule has 11 heteroatoms. The molecular weight excluding hydrogens is 504 g/mol. The fourth-order valence-corrected chi connectivity index (χ4v) is 4.95. The molecule has 36 heavy (non-hydrogen) atoms. The zero-order valence-electron chi connectivity index (χ0n) is 18.8. The van der Waals surface area contributed by atoms with Crippen LogP contribution >= 0.6 is 22.9 Å². The van der Waals surface area contributed by atoms with Crippen molar-refractivity contribution in [1.82, 2.24) is 10.1 Å². The Morgan fingerprint density at radius 1 is 1.19 bits per heavy atom. The predicted octanol–water partition coefficient (Wildman–Crippen LogP) is 5.10. The number of carboxylic acids is 1. The lowest BCUT2D eigenvalue weighted by atomic mass is 10.0. The van der Waals surface area contributed by atoms with Gasteiger partial charge in [-0.25, -0.2) is 9.78 Å². The second-order valence-electron chi connectivity index (χ2n) is 7.88. The van der Waals surface area contributed by atoms with Gasteiger partial charge in [0.1, 0.15) is 39.4 Å². The Hall–Kier alpha value is -3.91. The van der Waals surface area contributed by atoms with Crippen LogP contribution < -0.4 is 9.64 Å². The van der Waals surface area contributed by atoms with E-state index in [2.05, 4.69) is 21.1 Å². The molecule has 4 aromatic rings. The topological polar surface area (TPSA) is 122 Å². The van der Waals surface area contributed by atoms with Gasteiger partial charge < -0.3 is 24.0 Å². The molecular formula is C25H19ClN4O5S. The van der Waals surface area contributed by atoms with Crippen LogP contribution in [0.25, 0.3) is 22.5 Å². The molecule has 0 spiro atoms. The lowest BCUT2D eigenvalue weighted by Crippen LogP contribution is -2.36. The van der Waals surface area contributed by atoms with E-state index in [0.29, 0.717) is 40.1 Å². The van der Waals surface area contributed by atoms with Crippen LogP contribution in [0.2, 0.25) is 4.34 Å². The number of pyridine rings is 1. The number of nitriles is 1. The zero-order valence-corrected chi connectivity index (χ0v) is 20.4. The van der Waals surface area contributed by atoms with Gasteiger partial charge in [0.05, 0.1) is 18.9 Å². The summed E-state index contributed by atoms with van der Waals surface area (Å²) in [6.07, 6.45) is 1.42. The minimum Gasteiger partial charge on any atom is -0.477 e. The van der Waals surface area contributed by atoms with Gasteiger partial charge >= 0.3 is 5.97 Å². The standard InChI is InChI=1S/C25H19ClN4O5S/c26-23-16(11-22(36-23)25(31)32)14-34-24-19(13-27)18(20-5-8-35-29-20)12-21(28-24)15-1-3-17(4-2-15)30-6-9-33-10-7-30/h1-5,8,11-12H,6-7,9-10,14H2,(H,31,32). The maximum atomic E-state index is 11.3. The van der Waals surface area contributed by atoms with Crippen molar-refractivity contribution in [2.45, 2.75) is 6.61 Å². The summed E-state index contributed by atoms with van der Waals surface area (Å²) in [6, 6.07) is 15.0. The third-order valence-corrected chi connectivity index (χ3v) is 7.11. The molecule has 1 aliphatic rings. The van der Waals surface area contributed by atoms with Gasteiger partial charge in [-0.15, -0.1) is 11.3 Å². The highest BCUT2D eigenvalue weighted by atomic mass is 35.5. The summed E-state index contributed by atoms with van der Waals surface area (Å²) in [7, 11) is 0. The van der Waals surface area contributed by atoms with E-state index in [1.165, 1.54) is 12.3 Å². The predicted molar refractivity (Wildman–Crippen MR) is 134 cm³/mol. The summed E-state index contributed by atoms with van der Waals surface area (Å²) in [5, 5.41) is 23.1. The van der Waals surface area contributed by atoms with Crippen molar-refractivity contribution in [1.29, 1.82) is 5.26 Å². The number of rotatable bonds is 7. The van der Waals surface area contributed by atoms with Crippen molar-refractivity contribution in [3.63, 3.8) is 0 Å². The molecule has 5 rings (SSSR count). The van der Waals surface area contributed by atoms with Gasteiger partial charge in [0, 0.05) is 41.5 Å². The van der Waals surface area contributed by atoms with Crippen molar-refractivity contribution in [2.24, 2.45) is 0 Å². The van der Waals surface area contributed by atoms with Crippen molar-refractivity contribution in [3.05, 3.63) is 69.1 Å². The van der Waals surface area contributed by atoms with Gasteiger partial charge in [-0.1, -0.05) is 28.9 Å². The monoisotopic (exact) mass is 522 g/mol. The molecule has 1 aromatic carbocycles. The minimum atomic E-state index is -1.07. The van der Waals surface area contributed by atoms with Crippen molar-refractivity contribution >= 4 is 34.6 Å². The second-order valence-corrected chi connectivity index (χ2v) is 9.54. The van der Waals surface area contributed by atoms with Gasteiger partial charge in [-0.2, -0.15) is 5.26 Å². The molecule has 0 amide bonds. The first-order valence-electron chi connectivity index (χ1n) is 11.0. The summed E-state index contributed by atoms with van der Waals surface area (Å²) in [4.78, 5) is 18.3. The van der Waals surface area contributed by atoms with Crippen LogP contribution in [0.15, 0.2) is 53.3 Å². The van der Waals surface area contributed by atoms with Gasteiger partial charge in [-0.05, 0) is 24.3 Å². The normalized spacial score (nSPS) is 13.4. The molecule has 1 fully saturated rings. The van der Waals surface area contributed by atoms with Crippen LogP contribution in [-0.4, -0.2) is 47.5 Å². The van der Waals surface area contributed by atoms with Crippen LogP contribution in [-0.2, 0) is 11.3 Å². The number of hydrogen-bond donors (Lipinski definition) is 1. The average Bonchev–Trinajstić information content (AvgIpc) is 3.58. The summed E-state index contributed by atoms with van der Waals surface area (Å²) < 4.78 is 16.7. The quantitative estimate of drug-likeness (QED) is 0.353. The summed E-state index contributed by atoms with van der Waals surface area (Å²) in [5.74, 6) is -0.982. The molecule has 1 aliphatic heterocycles. The number of carbonyl (C=O) groups is 1. The zero-order chi connectivity index (χ0) is 25.1. The Bertz CT molecular complexity index is 1420. The largest absolute Gasteiger partial charge is 0.477 e. The minimum absolute atomic E-state index is 0.0536. The molecule has 0 unspecified atom stereocenters. The van der Waals surface area contributed by atoms with Crippen LogP contribution in [0.1, 0.15) is 20.8 Å². The molecule has 0 radical (unpaired) electrons. The Labute approximate surface area is 215 Å². The van der Waals surface area contributed by atoms with Crippen LogP contribution in [0.5, 0.6) is 5.88 Å². The number of halogens is 1. The molecule has 182 valence electrons. The lowest BCUT2D eigenvalue weighted by molar-refractivity contribution is 0.0702. The van der Waals surface area contributed by atoms with Gasteiger partial charge in [0.25, 0.3) is 0 Å². The highest BCUT2D eigenvalue weighted by molar-refractivity contribution is 7.18. The van der Waals surface area contributed by atoms with Crippen molar-refractivity contribution < 1.29 is 23.9 Å². The fraction of sp³-hybridized carbons (Fsp3) is 0.200. The maximum Gasteiger partial charge on any atom is 0.345 e. The Morgan fingerprint density at radius 2 is 1.97 bits per heavy atom. The van der Waals surface area contributed by atoms with Crippen LogP contribution in [0, 0.1) is 11.3 Å². The number of anilines is 1. The second kappa shape index (κ2) is 10.4. The molecule has 3 aromatic heterocycles. The molecule has 0 saturated carbocycles. The fourth-order valence-electron chi connectivity index (χ4n) is 3.86. The average molecular weight is 523 g/mol. The van der Waals surface area contributed by atoms with Crippen molar-refractivity contribution in [3.8, 4) is 34.5 Å². The lowest BCUT2D eigenvalue weighted by Gasteiger charge is -2.28. The van der Waals surface area contributed by atoms with E-state index >= 15 is 0 Å². The van der Waals surface area contributed by atoms with E-state index in [4.69, 9.17) is 25.6 Å². The molecule has 4 heterocycles. The molecule has 1 saturated heterocycles. The van der Waals surface area contributed by atoms with E-state index in [1.54, 1.807) is 12.1 Å². The first kappa shape index (κ1) is 23.8. The summed E-state index contributed by atoms with van der Waals surface area (Å²) >= 11 is 7.15. The number of hydrogen-bond acceptors (Lipinski definition) is 9. The van der Waals surface area contributed by atoms with E-state index in [-0.39, 0.29) is 22.9 Å². The maximum absolute atomic E-state index is 11.3. The van der Waals surface area contributed by atoms with Gasteiger partial charge in [-0.3, -0.25) is 0 Å². The highest BCUT2D eigenvalue weighted by Crippen LogP contribution is 2.35. The molecule has 9 nitrogen and oxygen atoms in total. The van der Waals surface area contributed by atoms with E-state index in [9.17, 15) is 15.2 Å². The third kappa shape index (κ3) is 4.90. The number of benzene rings is 1. The van der Waals surface area contributed by atoms with E-state index in [1.807, 2.05) is 24.3 Å². The number of carboxylic acid groups (broad SMARTS) is 1. The van der Waals surface area contributed by atoms with Gasteiger partial charge in [0.15, 0.2) is 0 Å². The first-order chi connectivity index (χ1) is 17.5. The van der Waals surface area contributed by atoms with Crippen molar-refractivity contribution in [2.75, 3.05) is 31.2 Å². The molecule has 0 bridgehead atoms. The van der Waals surface area contributed by atoms with E-state index < -0.39 is 5.97 Å². The highest BCUT2D eigenvalue weighted by Gasteiger charge is 2.20. The Morgan fingerprint density at radius 3 is 2.61 bits per heavy atom. The van der Waals surface area contributed by atoms with Gasteiger partial charge in [0.2, 0.25) is 5.88 Å². The summed E-state index contributed by atoms with van der Waals surface area (Å²) in [6.45, 7) is 3.00. The number of aromatic nitrogens is 2. The number of ether oxygens (including phenoxy) is 2. The summed E-state index contributed by atoms with van der Waals surface area (Å²) in [5.41, 5.74) is 4.14. The number of thiophene rings is 1. The number of morpholine rings is 1. The Balaban J connectivity index is 1.50.